The molecule has 0 heterocycles. The van der Waals surface area contributed by atoms with Crippen molar-refractivity contribution < 1.29 is 17.6 Å². The molecule has 0 unspecified atom stereocenters. The molecule has 1 amide bonds. The number of benzene rings is 3. The zero-order valence-electron chi connectivity index (χ0n) is 17.0. The van der Waals surface area contributed by atoms with E-state index in [9.17, 15) is 17.6 Å². The summed E-state index contributed by atoms with van der Waals surface area (Å²) in [5.74, 6) is -0.880. The summed E-state index contributed by atoms with van der Waals surface area (Å²) in [4.78, 5) is 12.5. The van der Waals surface area contributed by atoms with Gasteiger partial charge in [0.1, 0.15) is 5.82 Å². The van der Waals surface area contributed by atoms with Crippen LogP contribution >= 0.6 is 0 Å². The number of amides is 1. The van der Waals surface area contributed by atoms with Gasteiger partial charge in [-0.25, -0.2) is 12.8 Å². The highest BCUT2D eigenvalue weighted by molar-refractivity contribution is 7.92. The van der Waals surface area contributed by atoms with Crippen LogP contribution in [0.4, 0.5) is 15.8 Å². The van der Waals surface area contributed by atoms with E-state index in [1.807, 2.05) is 32.0 Å². The van der Waals surface area contributed by atoms with Gasteiger partial charge in [-0.15, -0.1) is 0 Å². The number of nitrogens with zero attached hydrogens (tertiary/aromatic N) is 1. The number of rotatable bonds is 6. The van der Waals surface area contributed by atoms with E-state index in [4.69, 9.17) is 0 Å². The number of sulfonamides is 1. The summed E-state index contributed by atoms with van der Waals surface area (Å²) < 4.78 is 39.6. The lowest BCUT2D eigenvalue weighted by atomic mass is 10.1. The Hall–Kier alpha value is -3.19. The van der Waals surface area contributed by atoms with Crippen molar-refractivity contribution in [1.29, 1.82) is 0 Å². The minimum absolute atomic E-state index is 0.0170. The van der Waals surface area contributed by atoms with Crippen LogP contribution in [0.15, 0.2) is 66.7 Å². The van der Waals surface area contributed by atoms with Gasteiger partial charge in [-0.2, -0.15) is 0 Å². The molecule has 0 radical (unpaired) electrons. The third-order valence-electron chi connectivity index (χ3n) is 4.69. The van der Waals surface area contributed by atoms with Crippen molar-refractivity contribution in [1.82, 2.24) is 0 Å². The highest BCUT2D eigenvalue weighted by atomic mass is 32.2. The van der Waals surface area contributed by atoms with E-state index in [2.05, 4.69) is 5.32 Å². The van der Waals surface area contributed by atoms with E-state index in [1.165, 1.54) is 18.2 Å². The Morgan fingerprint density at radius 3 is 2.27 bits per heavy atom. The van der Waals surface area contributed by atoms with E-state index >= 15 is 0 Å². The molecule has 3 rings (SSSR count). The van der Waals surface area contributed by atoms with Crippen LogP contribution in [-0.4, -0.2) is 20.6 Å². The second-order valence-corrected chi connectivity index (χ2v) is 9.10. The van der Waals surface area contributed by atoms with Crippen molar-refractivity contribution in [2.75, 3.05) is 15.9 Å². The number of hydrogen-bond donors (Lipinski definition) is 1. The quantitative estimate of drug-likeness (QED) is 0.623. The average molecular weight is 427 g/mol. The van der Waals surface area contributed by atoms with Crippen molar-refractivity contribution >= 4 is 27.3 Å². The van der Waals surface area contributed by atoms with Gasteiger partial charge in [0, 0.05) is 11.3 Å². The van der Waals surface area contributed by atoms with Crippen molar-refractivity contribution in [3.8, 4) is 0 Å². The third-order valence-corrected chi connectivity index (χ3v) is 5.82. The monoisotopic (exact) mass is 426 g/mol. The first kappa shape index (κ1) is 21.5. The smallest absolute Gasteiger partial charge is 0.255 e. The third kappa shape index (κ3) is 5.04. The summed E-state index contributed by atoms with van der Waals surface area (Å²) in [5, 5.41) is 2.88. The Balaban J connectivity index is 1.79. The Bertz CT molecular complexity index is 1180. The lowest BCUT2D eigenvalue weighted by molar-refractivity contribution is 0.102. The molecule has 0 saturated heterocycles. The fourth-order valence-electron chi connectivity index (χ4n) is 3.11. The lowest BCUT2D eigenvalue weighted by Gasteiger charge is -2.23. The van der Waals surface area contributed by atoms with Gasteiger partial charge in [-0.05, 0) is 55.3 Å². The predicted molar refractivity (Wildman–Crippen MR) is 118 cm³/mol. The van der Waals surface area contributed by atoms with Gasteiger partial charge in [0.05, 0.1) is 18.5 Å². The fraction of sp³-hybridized carbons (Fsp3) is 0.174. The maximum Gasteiger partial charge on any atom is 0.255 e. The molecule has 0 atom stereocenters. The van der Waals surface area contributed by atoms with Crippen LogP contribution < -0.4 is 9.62 Å². The predicted octanol–water partition coefficient (Wildman–Crippen LogP) is 4.66. The van der Waals surface area contributed by atoms with Gasteiger partial charge in [0.15, 0.2) is 0 Å². The topological polar surface area (TPSA) is 66.5 Å². The van der Waals surface area contributed by atoms with Crippen LogP contribution in [0.25, 0.3) is 0 Å². The fourth-order valence-corrected chi connectivity index (χ4v) is 4.00. The van der Waals surface area contributed by atoms with Crippen molar-refractivity contribution in [3.63, 3.8) is 0 Å². The molecule has 30 heavy (non-hydrogen) atoms. The lowest BCUT2D eigenvalue weighted by Crippen LogP contribution is -2.30. The molecule has 0 aromatic heterocycles. The normalized spacial score (nSPS) is 11.2. The van der Waals surface area contributed by atoms with Gasteiger partial charge in [-0.1, -0.05) is 42.0 Å². The molecule has 1 N–H and O–H groups in total. The summed E-state index contributed by atoms with van der Waals surface area (Å²) in [6.45, 7) is 3.87. The zero-order chi connectivity index (χ0) is 21.9. The molecule has 0 aliphatic rings. The van der Waals surface area contributed by atoms with Crippen LogP contribution in [0.5, 0.6) is 0 Å². The highest BCUT2D eigenvalue weighted by Crippen LogP contribution is 2.24. The molecule has 0 bridgehead atoms. The van der Waals surface area contributed by atoms with Gasteiger partial charge in [-0.3, -0.25) is 9.10 Å². The van der Waals surface area contributed by atoms with Crippen LogP contribution in [0, 0.1) is 19.7 Å². The number of nitrogens with one attached hydrogen (secondary N) is 1. The van der Waals surface area contributed by atoms with Crippen LogP contribution in [-0.2, 0) is 16.6 Å². The van der Waals surface area contributed by atoms with Crippen LogP contribution in [0.1, 0.15) is 27.0 Å². The Morgan fingerprint density at radius 2 is 1.67 bits per heavy atom. The maximum atomic E-state index is 14.1. The summed E-state index contributed by atoms with van der Waals surface area (Å²) in [5.41, 5.74) is 3.87. The first-order chi connectivity index (χ1) is 14.1. The summed E-state index contributed by atoms with van der Waals surface area (Å²) in [7, 11) is -3.70. The summed E-state index contributed by atoms with van der Waals surface area (Å²) in [6.07, 6.45) is 1.03. The molecule has 7 heteroatoms. The number of halogens is 1. The van der Waals surface area contributed by atoms with Crippen molar-refractivity contribution in [2.45, 2.75) is 20.4 Å². The van der Waals surface area contributed by atoms with E-state index in [0.29, 0.717) is 11.1 Å². The molecular formula is C23H23FN2O3S. The van der Waals surface area contributed by atoms with Crippen molar-refractivity contribution in [3.05, 3.63) is 94.8 Å². The number of carbonyl (C=O) groups is 1. The summed E-state index contributed by atoms with van der Waals surface area (Å²) in [6, 6.07) is 18.1. The van der Waals surface area contributed by atoms with Crippen molar-refractivity contribution in [2.24, 2.45) is 0 Å². The molecule has 3 aromatic carbocycles. The number of para-hydroxylation sites is 1. The molecule has 0 fully saturated rings. The minimum Gasteiger partial charge on any atom is -0.322 e. The van der Waals surface area contributed by atoms with Crippen LogP contribution in [0.2, 0.25) is 0 Å². The second kappa shape index (κ2) is 8.67. The number of hydrogen-bond acceptors (Lipinski definition) is 3. The molecule has 5 nitrogen and oxygen atoms in total. The van der Waals surface area contributed by atoms with Gasteiger partial charge in [0.25, 0.3) is 5.91 Å². The first-order valence-electron chi connectivity index (χ1n) is 9.35. The Kier molecular flexibility index (Phi) is 6.22. The summed E-state index contributed by atoms with van der Waals surface area (Å²) >= 11 is 0. The maximum absolute atomic E-state index is 14.1. The molecule has 156 valence electrons. The van der Waals surface area contributed by atoms with E-state index in [-0.39, 0.29) is 18.1 Å². The molecular weight excluding hydrogens is 403 g/mol. The molecule has 0 aliphatic carbocycles. The minimum atomic E-state index is -3.70. The Labute approximate surface area is 176 Å². The average Bonchev–Trinajstić information content (AvgIpc) is 2.68. The zero-order valence-corrected chi connectivity index (χ0v) is 17.8. The first-order valence-corrected chi connectivity index (χ1v) is 11.2. The van der Waals surface area contributed by atoms with E-state index < -0.39 is 15.8 Å². The standard InChI is InChI=1S/C23H23FN2O3S/c1-16-8-13-21(17(2)14-16)25-23(27)19-11-9-18(10-12-19)15-26(30(3,28)29)22-7-5-4-6-20(22)24/h4-14H,15H2,1-3H3,(H,25,27). The van der Waals surface area contributed by atoms with Gasteiger partial charge >= 0.3 is 0 Å². The highest BCUT2D eigenvalue weighted by Gasteiger charge is 2.21. The molecule has 0 spiro atoms. The molecule has 3 aromatic rings. The number of carbonyl (C=O) groups excluding carboxylic acids is 1. The Morgan fingerprint density at radius 1 is 1.00 bits per heavy atom. The van der Waals surface area contributed by atoms with E-state index in [0.717, 1.165) is 27.4 Å². The molecule has 0 saturated carbocycles. The molecule has 0 aliphatic heterocycles. The SMILES string of the molecule is Cc1ccc(NC(=O)c2ccc(CN(c3ccccc3F)S(C)(=O)=O)cc2)c(C)c1. The number of aryl methyl sites for hydroxylation is 2. The van der Waals surface area contributed by atoms with Crippen LogP contribution in [0.3, 0.4) is 0 Å². The van der Waals surface area contributed by atoms with Gasteiger partial charge < -0.3 is 5.32 Å². The van der Waals surface area contributed by atoms with E-state index in [1.54, 1.807) is 30.3 Å². The van der Waals surface area contributed by atoms with Gasteiger partial charge in [0.2, 0.25) is 10.0 Å². The largest absolute Gasteiger partial charge is 0.322 e. The number of anilines is 2. The second-order valence-electron chi connectivity index (χ2n) is 7.19.